The highest BCUT2D eigenvalue weighted by atomic mass is 32.2. The molecule has 1 aromatic heterocycles. The molecular formula is C27H26N2O5S2. The van der Waals surface area contributed by atoms with E-state index >= 15 is 0 Å². The Morgan fingerprint density at radius 1 is 0.917 bits per heavy atom. The maximum absolute atomic E-state index is 13.8. The number of nitrogens with one attached hydrogen (secondary N) is 1. The van der Waals surface area contributed by atoms with Crippen LogP contribution in [0.15, 0.2) is 76.5 Å². The predicted octanol–water partition coefficient (Wildman–Crippen LogP) is 5.77. The van der Waals surface area contributed by atoms with E-state index in [-0.39, 0.29) is 25.4 Å². The lowest BCUT2D eigenvalue weighted by atomic mass is 10.1. The van der Waals surface area contributed by atoms with E-state index in [1.807, 2.05) is 32.0 Å². The average molecular weight is 523 g/mol. The summed E-state index contributed by atoms with van der Waals surface area (Å²) in [6, 6.07) is 18.5. The molecule has 0 unspecified atom stereocenters. The largest absolute Gasteiger partial charge is 0.497 e. The van der Waals surface area contributed by atoms with Crippen LogP contribution in [0.5, 0.6) is 11.5 Å². The lowest BCUT2D eigenvalue weighted by Gasteiger charge is -2.12. The van der Waals surface area contributed by atoms with Gasteiger partial charge in [-0.15, -0.1) is 11.3 Å². The summed E-state index contributed by atoms with van der Waals surface area (Å²) in [6.07, 6.45) is 0. The van der Waals surface area contributed by atoms with Gasteiger partial charge >= 0.3 is 0 Å². The van der Waals surface area contributed by atoms with Crippen LogP contribution < -0.4 is 20.5 Å². The number of benzene rings is 3. The molecule has 0 saturated carbocycles. The van der Waals surface area contributed by atoms with E-state index < -0.39 is 15.6 Å². The number of nitrogen functional groups attached to an aromatic ring is 1. The van der Waals surface area contributed by atoms with Gasteiger partial charge in [-0.05, 0) is 61.9 Å². The molecule has 0 bridgehead atoms. The number of rotatable bonds is 8. The molecule has 0 saturated heterocycles. The molecule has 0 aliphatic heterocycles. The van der Waals surface area contributed by atoms with Crippen molar-refractivity contribution in [3.05, 3.63) is 88.3 Å². The predicted molar refractivity (Wildman–Crippen MR) is 143 cm³/mol. The van der Waals surface area contributed by atoms with Gasteiger partial charge in [-0.2, -0.15) is 0 Å². The number of ketones is 1. The molecule has 186 valence electrons. The van der Waals surface area contributed by atoms with Crippen LogP contribution in [-0.4, -0.2) is 28.4 Å². The standard InChI is InChI=1S/C27H26N2O5S2/c1-16-8-13-22(17(2)14-16)29-27-26(36(31,32)21-11-9-19(33-3)10-12-21)23(28)25(35-27)24(30)18-6-5-7-20(15-18)34-4/h5-15,29H,28H2,1-4H3. The second-order valence-electron chi connectivity index (χ2n) is 8.19. The van der Waals surface area contributed by atoms with E-state index in [1.165, 1.54) is 26.4 Å². The number of ether oxygens (including phenoxy) is 2. The number of hydrogen-bond donors (Lipinski definition) is 2. The minimum absolute atomic E-state index is 0.0388. The minimum atomic E-state index is -4.08. The van der Waals surface area contributed by atoms with Gasteiger partial charge in [0.15, 0.2) is 0 Å². The van der Waals surface area contributed by atoms with E-state index in [1.54, 1.807) is 36.4 Å². The van der Waals surface area contributed by atoms with Crippen molar-refractivity contribution in [2.24, 2.45) is 0 Å². The fourth-order valence-electron chi connectivity index (χ4n) is 3.79. The number of methoxy groups -OCH3 is 2. The SMILES string of the molecule is COc1ccc(S(=O)(=O)c2c(Nc3ccc(C)cc3C)sc(C(=O)c3cccc(OC)c3)c2N)cc1. The molecule has 0 spiro atoms. The maximum atomic E-state index is 13.8. The number of nitrogens with two attached hydrogens (primary N) is 1. The lowest BCUT2D eigenvalue weighted by molar-refractivity contribution is 0.104. The van der Waals surface area contributed by atoms with Gasteiger partial charge in [0, 0.05) is 11.3 Å². The number of carbonyl (C=O) groups excluding carboxylic acids is 1. The normalized spacial score (nSPS) is 11.2. The smallest absolute Gasteiger partial charge is 0.211 e. The Bertz CT molecular complexity index is 1540. The number of thiophene rings is 1. The van der Waals surface area contributed by atoms with Crippen LogP contribution in [-0.2, 0) is 9.84 Å². The Labute approximate surface area is 214 Å². The topological polar surface area (TPSA) is 108 Å². The zero-order chi connectivity index (χ0) is 26.0. The van der Waals surface area contributed by atoms with Crippen LogP contribution >= 0.6 is 11.3 Å². The second-order valence-corrected chi connectivity index (χ2v) is 11.1. The highest BCUT2D eigenvalue weighted by molar-refractivity contribution is 7.92. The van der Waals surface area contributed by atoms with E-state index in [0.29, 0.717) is 22.7 Å². The molecule has 7 nitrogen and oxygen atoms in total. The van der Waals surface area contributed by atoms with Crippen LogP contribution in [0.4, 0.5) is 16.4 Å². The quantitative estimate of drug-likeness (QED) is 0.283. The summed E-state index contributed by atoms with van der Waals surface area (Å²) in [7, 11) is -1.07. The number of aryl methyl sites for hydroxylation is 2. The van der Waals surface area contributed by atoms with Crippen molar-refractivity contribution in [2.45, 2.75) is 23.6 Å². The zero-order valence-electron chi connectivity index (χ0n) is 20.3. The van der Waals surface area contributed by atoms with Gasteiger partial charge in [-0.3, -0.25) is 4.79 Å². The summed E-state index contributed by atoms with van der Waals surface area (Å²) in [6.45, 7) is 3.90. The number of sulfone groups is 1. The first-order valence-corrected chi connectivity index (χ1v) is 13.3. The first-order chi connectivity index (χ1) is 17.1. The van der Waals surface area contributed by atoms with Gasteiger partial charge in [0.2, 0.25) is 15.6 Å². The Balaban J connectivity index is 1.88. The Morgan fingerprint density at radius 3 is 2.25 bits per heavy atom. The zero-order valence-corrected chi connectivity index (χ0v) is 21.9. The number of carbonyl (C=O) groups is 1. The molecule has 3 aromatic carbocycles. The van der Waals surface area contributed by atoms with Crippen LogP contribution in [0.25, 0.3) is 0 Å². The van der Waals surface area contributed by atoms with E-state index in [4.69, 9.17) is 15.2 Å². The molecule has 0 aliphatic rings. The second kappa shape index (κ2) is 10.0. The summed E-state index contributed by atoms with van der Waals surface area (Å²) >= 11 is 1.01. The third-order valence-electron chi connectivity index (χ3n) is 5.71. The van der Waals surface area contributed by atoms with Crippen LogP contribution in [0.1, 0.15) is 26.4 Å². The highest BCUT2D eigenvalue weighted by Gasteiger charge is 2.32. The summed E-state index contributed by atoms with van der Waals surface area (Å²) in [5.41, 5.74) is 9.38. The first kappa shape index (κ1) is 25.3. The van der Waals surface area contributed by atoms with Gasteiger partial charge in [0.05, 0.1) is 24.8 Å². The number of hydrogen-bond acceptors (Lipinski definition) is 8. The van der Waals surface area contributed by atoms with Gasteiger partial charge in [0.25, 0.3) is 0 Å². The van der Waals surface area contributed by atoms with Crippen molar-refractivity contribution in [2.75, 3.05) is 25.3 Å². The lowest BCUT2D eigenvalue weighted by Crippen LogP contribution is -2.08. The Hall–Kier alpha value is -3.82. The molecule has 0 aliphatic carbocycles. The molecule has 0 atom stereocenters. The van der Waals surface area contributed by atoms with Gasteiger partial charge in [-0.25, -0.2) is 8.42 Å². The summed E-state index contributed by atoms with van der Waals surface area (Å²) in [4.78, 5) is 13.5. The number of anilines is 3. The maximum Gasteiger partial charge on any atom is 0.211 e. The van der Waals surface area contributed by atoms with Crippen molar-refractivity contribution in [3.63, 3.8) is 0 Å². The van der Waals surface area contributed by atoms with Crippen molar-refractivity contribution >= 4 is 43.3 Å². The highest BCUT2D eigenvalue weighted by Crippen LogP contribution is 2.44. The van der Waals surface area contributed by atoms with E-state index in [9.17, 15) is 13.2 Å². The van der Waals surface area contributed by atoms with Crippen LogP contribution in [0.2, 0.25) is 0 Å². The van der Waals surface area contributed by atoms with Crippen molar-refractivity contribution in [1.29, 1.82) is 0 Å². The van der Waals surface area contributed by atoms with Crippen molar-refractivity contribution in [3.8, 4) is 11.5 Å². The molecule has 4 rings (SSSR count). The van der Waals surface area contributed by atoms with E-state index in [2.05, 4.69) is 5.32 Å². The van der Waals surface area contributed by atoms with Crippen LogP contribution in [0.3, 0.4) is 0 Å². The minimum Gasteiger partial charge on any atom is -0.497 e. The molecule has 4 aromatic rings. The molecule has 36 heavy (non-hydrogen) atoms. The fourth-order valence-corrected chi connectivity index (χ4v) is 6.72. The summed E-state index contributed by atoms with van der Waals surface area (Å²) < 4.78 is 38.0. The molecule has 3 N–H and O–H groups in total. The molecule has 0 radical (unpaired) electrons. The van der Waals surface area contributed by atoms with Gasteiger partial charge < -0.3 is 20.5 Å². The fraction of sp³-hybridized carbons (Fsp3) is 0.148. The summed E-state index contributed by atoms with van der Waals surface area (Å²) in [5.74, 6) is 0.640. The third kappa shape index (κ3) is 4.80. The Kier molecular flexibility index (Phi) is 7.05. The van der Waals surface area contributed by atoms with Gasteiger partial charge in [0.1, 0.15) is 26.3 Å². The monoisotopic (exact) mass is 522 g/mol. The van der Waals surface area contributed by atoms with E-state index in [0.717, 1.165) is 22.5 Å². The average Bonchev–Trinajstić information content (AvgIpc) is 3.21. The van der Waals surface area contributed by atoms with Crippen molar-refractivity contribution < 1.29 is 22.7 Å². The van der Waals surface area contributed by atoms with Gasteiger partial charge in [-0.1, -0.05) is 29.8 Å². The van der Waals surface area contributed by atoms with Crippen LogP contribution in [0, 0.1) is 13.8 Å². The third-order valence-corrected chi connectivity index (χ3v) is 8.81. The molecule has 9 heteroatoms. The first-order valence-electron chi connectivity index (χ1n) is 11.0. The summed E-state index contributed by atoms with van der Waals surface area (Å²) in [5, 5.41) is 3.48. The van der Waals surface area contributed by atoms with Crippen molar-refractivity contribution in [1.82, 2.24) is 0 Å². The molecule has 0 amide bonds. The molecule has 1 heterocycles. The molecular weight excluding hydrogens is 496 g/mol. The molecule has 0 fully saturated rings. The Morgan fingerprint density at radius 2 is 1.61 bits per heavy atom.